The van der Waals surface area contributed by atoms with E-state index in [-0.39, 0.29) is 11.9 Å². The zero-order chi connectivity index (χ0) is 12.4. The second-order valence-corrected chi connectivity index (χ2v) is 4.51. The molecule has 94 valence electrons. The van der Waals surface area contributed by atoms with Crippen LogP contribution in [0, 0.1) is 6.92 Å². The largest absolute Gasteiger partial charge is 0.337 e. The van der Waals surface area contributed by atoms with Gasteiger partial charge >= 0.3 is 0 Å². The second-order valence-electron chi connectivity index (χ2n) is 4.51. The average molecular weight is 238 g/mol. The van der Waals surface area contributed by atoms with Gasteiger partial charge in [-0.05, 0) is 33.1 Å². The number of carbonyl (C=O) groups excluding carboxylic acids is 1. The maximum atomic E-state index is 12.0. The number of hydrogen-bond acceptors (Lipinski definition) is 5. The number of amides is 1. The Balaban J connectivity index is 2.20. The molecule has 0 spiro atoms. The van der Waals surface area contributed by atoms with Crippen LogP contribution < -0.4 is 5.73 Å². The molecule has 1 unspecified atom stereocenters. The summed E-state index contributed by atoms with van der Waals surface area (Å²) in [5.41, 5.74) is 5.65. The molecule has 1 aromatic rings. The third-order valence-electron chi connectivity index (χ3n) is 3.00. The zero-order valence-electron chi connectivity index (χ0n) is 10.2. The molecule has 1 aromatic heterocycles. The Morgan fingerprint density at radius 2 is 2.35 bits per heavy atom. The Hall–Kier alpha value is -1.43. The van der Waals surface area contributed by atoms with Gasteiger partial charge in [-0.25, -0.2) is 0 Å². The number of nitrogens with two attached hydrogens (primary N) is 1. The third-order valence-corrected chi connectivity index (χ3v) is 3.00. The van der Waals surface area contributed by atoms with E-state index in [0.29, 0.717) is 18.3 Å². The predicted molar refractivity (Wildman–Crippen MR) is 61.0 cm³/mol. The highest BCUT2D eigenvalue weighted by Gasteiger charge is 2.32. The van der Waals surface area contributed by atoms with Crippen LogP contribution in [-0.2, 0) is 4.79 Å². The fraction of sp³-hybridized carbons (Fsp3) is 0.727. The smallest absolute Gasteiger partial charge is 0.249 e. The Labute approximate surface area is 100 Å². The van der Waals surface area contributed by atoms with E-state index in [1.54, 1.807) is 18.7 Å². The van der Waals surface area contributed by atoms with Crippen LogP contribution in [-0.4, -0.2) is 33.5 Å². The maximum Gasteiger partial charge on any atom is 0.249 e. The van der Waals surface area contributed by atoms with Crippen molar-refractivity contribution in [1.29, 1.82) is 0 Å². The molecule has 0 bridgehead atoms. The first-order valence-corrected chi connectivity index (χ1v) is 5.96. The highest BCUT2D eigenvalue weighted by atomic mass is 16.5. The number of carbonyl (C=O) groups is 1. The van der Waals surface area contributed by atoms with Gasteiger partial charge in [0, 0.05) is 6.54 Å². The van der Waals surface area contributed by atoms with Crippen molar-refractivity contribution in [2.45, 2.75) is 45.2 Å². The summed E-state index contributed by atoms with van der Waals surface area (Å²) >= 11 is 0. The minimum Gasteiger partial charge on any atom is -0.337 e. The molecule has 1 saturated heterocycles. The van der Waals surface area contributed by atoms with Gasteiger partial charge in [0.15, 0.2) is 5.82 Å². The molecule has 6 heteroatoms. The van der Waals surface area contributed by atoms with E-state index in [2.05, 4.69) is 10.1 Å². The number of hydrogen-bond donors (Lipinski definition) is 1. The molecule has 6 nitrogen and oxygen atoms in total. The van der Waals surface area contributed by atoms with E-state index >= 15 is 0 Å². The lowest BCUT2D eigenvalue weighted by molar-refractivity contribution is -0.136. The molecule has 1 aliphatic rings. The molecule has 1 amide bonds. The Morgan fingerprint density at radius 3 is 2.94 bits per heavy atom. The highest BCUT2D eigenvalue weighted by Crippen LogP contribution is 2.30. The van der Waals surface area contributed by atoms with Gasteiger partial charge in [0.2, 0.25) is 11.8 Å². The topological polar surface area (TPSA) is 85.2 Å². The predicted octanol–water partition coefficient (Wildman–Crippen LogP) is 0.779. The van der Waals surface area contributed by atoms with Crippen LogP contribution in [0.1, 0.15) is 43.9 Å². The van der Waals surface area contributed by atoms with Gasteiger partial charge < -0.3 is 15.2 Å². The molecule has 2 rings (SSSR count). The molecule has 1 fully saturated rings. The normalized spacial score (nSPS) is 22.5. The number of aryl methyl sites for hydroxylation is 1. The molecule has 17 heavy (non-hydrogen) atoms. The summed E-state index contributed by atoms with van der Waals surface area (Å²) in [4.78, 5) is 18.0. The molecule has 0 radical (unpaired) electrons. The fourth-order valence-corrected chi connectivity index (χ4v) is 2.16. The summed E-state index contributed by atoms with van der Waals surface area (Å²) in [6.07, 6.45) is 2.93. The van der Waals surface area contributed by atoms with Crippen LogP contribution in [0.4, 0.5) is 0 Å². The molecular formula is C11H18N4O2. The molecule has 2 heterocycles. The van der Waals surface area contributed by atoms with E-state index in [4.69, 9.17) is 10.3 Å². The van der Waals surface area contributed by atoms with E-state index in [9.17, 15) is 4.79 Å². The number of aromatic nitrogens is 2. The van der Waals surface area contributed by atoms with Crippen LogP contribution in [0.15, 0.2) is 4.52 Å². The van der Waals surface area contributed by atoms with Crippen molar-refractivity contribution in [2.75, 3.05) is 6.54 Å². The van der Waals surface area contributed by atoms with Crippen molar-refractivity contribution in [3.8, 4) is 0 Å². The first-order valence-electron chi connectivity index (χ1n) is 5.96. The fourth-order valence-electron chi connectivity index (χ4n) is 2.16. The Morgan fingerprint density at radius 1 is 1.59 bits per heavy atom. The molecular weight excluding hydrogens is 220 g/mol. The number of likely N-dealkylation sites (tertiary alicyclic amines) is 1. The van der Waals surface area contributed by atoms with Crippen molar-refractivity contribution >= 4 is 5.91 Å². The summed E-state index contributed by atoms with van der Waals surface area (Å²) in [5, 5.41) is 3.78. The van der Waals surface area contributed by atoms with Crippen LogP contribution in [0.25, 0.3) is 0 Å². The summed E-state index contributed by atoms with van der Waals surface area (Å²) < 4.78 is 5.17. The van der Waals surface area contributed by atoms with E-state index in [0.717, 1.165) is 19.3 Å². The van der Waals surface area contributed by atoms with Crippen LogP contribution in [0.3, 0.4) is 0 Å². The van der Waals surface area contributed by atoms with E-state index < -0.39 is 6.04 Å². The molecule has 0 aromatic carbocycles. The van der Waals surface area contributed by atoms with Crippen LogP contribution in [0.5, 0.6) is 0 Å². The first-order chi connectivity index (χ1) is 8.09. The van der Waals surface area contributed by atoms with Crippen molar-refractivity contribution in [3.05, 3.63) is 11.7 Å². The number of rotatable bonds is 2. The second kappa shape index (κ2) is 4.83. The van der Waals surface area contributed by atoms with Crippen molar-refractivity contribution < 1.29 is 9.32 Å². The lowest BCUT2D eigenvalue weighted by atomic mass is 10.0. The van der Waals surface area contributed by atoms with Gasteiger partial charge in [-0.1, -0.05) is 5.16 Å². The zero-order valence-corrected chi connectivity index (χ0v) is 10.2. The maximum absolute atomic E-state index is 12.0. The summed E-state index contributed by atoms with van der Waals surface area (Å²) in [5.74, 6) is 1.07. The average Bonchev–Trinajstić information content (AvgIpc) is 2.74. The third kappa shape index (κ3) is 2.46. The van der Waals surface area contributed by atoms with Gasteiger partial charge in [0.1, 0.15) is 6.04 Å². The van der Waals surface area contributed by atoms with Gasteiger partial charge in [-0.3, -0.25) is 4.79 Å². The van der Waals surface area contributed by atoms with Crippen LogP contribution >= 0.6 is 0 Å². The summed E-state index contributed by atoms with van der Waals surface area (Å²) in [7, 11) is 0. The SMILES string of the molecule is Cc1noc(C2CCCCN2C(=O)[C@H](C)N)n1. The first kappa shape index (κ1) is 12.0. The Kier molecular flexibility index (Phi) is 3.42. The minimum absolute atomic E-state index is 0.0504. The minimum atomic E-state index is -0.486. The quantitative estimate of drug-likeness (QED) is 0.822. The van der Waals surface area contributed by atoms with Gasteiger partial charge in [-0.15, -0.1) is 0 Å². The lowest BCUT2D eigenvalue weighted by Crippen LogP contribution is -2.46. The van der Waals surface area contributed by atoms with Crippen molar-refractivity contribution in [3.63, 3.8) is 0 Å². The highest BCUT2D eigenvalue weighted by molar-refractivity contribution is 5.81. The van der Waals surface area contributed by atoms with E-state index in [1.807, 2.05) is 0 Å². The van der Waals surface area contributed by atoms with Crippen molar-refractivity contribution in [1.82, 2.24) is 15.0 Å². The Bertz CT molecular complexity index is 402. The van der Waals surface area contributed by atoms with E-state index in [1.165, 1.54) is 0 Å². The number of piperidine rings is 1. The van der Waals surface area contributed by atoms with Gasteiger partial charge in [0.25, 0.3) is 0 Å². The van der Waals surface area contributed by atoms with Crippen LogP contribution in [0.2, 0.25) is 0 Å². The van der Waals surface area contributed by atoms with Crippen molar-refractivity contribution in [2.24, 2.45) is 5.73 Å². The summed E-state index contributed by atoms with van der Waals surface area (Å²) in [6, 6.07) is -0.594. The summed E-state index contributed by atoms with van der Waals surface area (Å²) in [6.45, 7) is 4.19. The molecule has 2 atom stereocenters. The molecule has 1 aliphatic heterocycles. The molecule has 2 N–H and O–H groups in total. The monoisotopic (exact) mass is 238 g/mol. The van der Waals surface area contributed by atoms with Gasteiger partial charge in [-0.2, -0.15) is 4.98 Å². The number of nitrogens with zero attached hydrogens (tertiary/aromatic N) is 3. The molecule has 0 saturated carbocycles. The molecule has 0 aliphatic carbocycles. The lowest BCUT2D eigenvalue weighted by Gasteiger charge is -2.34. The van der Waals surface area contributed by atoms with Gasteiger partial charge in [0.05, 0.1) is 6.04 Å². The standard InChI is InChI=1S/C11H18N4O2/c1-7(12)11(16)15-6-4-3-5-9(15)10-13-8(2)14-17-10/h7,9H,3-6,12H2,1-2H3/t7-,9?/m0/s1.